The summed E-state index contributed by atoms with van der Waals surface area (Å²) in [6, 6.07) is 3.50. The van der Waals surface area contributed by atoms with Crippen LogP contribution in [0.2, 0.25) is 0 Å². The Morgan fingerprint density at radius 2 is 0.500 bits per heavy atom. The average Bonchev–Trinajstić information content (AvgIpc) is 2.13. The number of hydrogen-bond acceptors (Lipinski definition) is 10. The van der Waals surface area contributed by atoms with Gasteiger partial charge in [-0.05, 0) is 27.7 Å². The molecule has 0 aliphatic rings. The van der Waals surface area contributed by atoms with Crippen molar-refractivity contribution in [1.82, 2.24) is 0 Å². The Morgan fingerprint density at radius 3 is 0.500 bits per heavy atom. The molecule has 0 spiro atoms. The van der Waals surface area contributed by atoms with Gasteiger partial charge in [-0.1, -0.05) is 0 Å². The predicted molar refractivity (Wildman–Crippen MR) is 78.2 cm³/mol. The predicted octanol–water partition coefficient (Wildman–Crippen LogP) is -1.68. The molecule has 24 heavy (non-hydrogen) atoms. The van der Waals surface area contributed by atoms with Gasteiger partial charge in [0, 0.05) is 52.8 Å². The molecule has 0 bridgehead atoms. The van der Waals surface area contributed by atoms with Gasteiger partial charge in [0.1, 0.15) is 25.2 Å². The van der Waals surface area contributed by atoms with Crippen LogP contribution in [0.3, 0.4) is 0 Å². The van der Waals surface area contributed by atoms with E-state index >= 15 is 0 Å². The quantitative estimate of drug-likeness (QED) is 0.130. The van der Waals surface area contributed by atoms with Gasteiger partial charge in [0.15, 0.2) is 0 Å². The van der Waals surface area contributed by atoms with Crippen LogP contribution in [0.4, 0.5) is 0 Å². The molecule has 2 radical (unpaired) electrons. The number of aliphatic hydroxyl groups is 8. The smallest absolute Gasteiger partial charge is 0.148 e. The van der Waals surface area contributed by atoms with Gasteiger partial charge in [-0.3, -0.25) is 0 Å². The molecular weight excluding hydrogens is 506 g/mol. The second kappa shape index (κ2) is 56.8. The summed E-state index contributed by atoms with van der Waals surface area (Å²) in [7, 11) is 0. The third-order valence-electron chi connectivity index (χ3n) is 0. The summed E-state index contributed by atoms with van der Waals surface area (Å²) >= 11 is 0. The van der Waals surface area contributed by atoms with Crippen molar-refractivity contribution < 1.29 is 79.8 Å². The zero-order valence-corrected chi connectivity index (χ0v) is 17.7. The average molecular weight is 536 g/mol. The van der Waals surface area contributed by atoms with Crippen molar-refractivity contribution in [3.05, 3.63) is 0 Å². The summed E-state index contributed by atoms with van der Waals surface area (Å²) < 4.78 is 0. The van der Waals surface area contributed by atoms with Crippen molar-refractivity contribution >= 4 is 0 Å². The maximum atomic E-state index is 7.61. The van der Waals surface area contributed by atoms with Crippen LogP contribution < -0.4 is 0 Å². The van der Waals surface area contributed by atoms with Crippen LogP contribution in [0.15, 0.2) is 0 Å². The molecule has 12 heteroatoms. The number of rotatable bonds is 0. The number of nitrogens with zero attached hydrogens (tertiary/aromatic N) is 2. The van der Waals surface area contributed by atoms with E-state index in [2.05, 4.69) is 0 Å². The minimum Gasteiger partial charge on any atom is -0.368 e. The Kier molecular flexibility index (Phi) is 117. The summed E-state index contributed by atoms with van der Waals surface area (Å²) in [6.45, 7) is 7.97. The van der Waals surface area contributed by atoms with E-state index in [1.165, 1.54) is 41.5 Å². The fourth-order valence-electron chi connectivity index (χ4n) is 0. The maximum Gasteiger partial charge on any atom is 0.148 e. The molecule has 0 amide bonds. The van der Waals surface area contributed by atoms with Crippen LogP contribution in [0.1, 0.15) is 41.5 Å². The second-order valence-electron chi connectivity index (χ2n) is 2.97. The van der Waals surface area contributed by atoms with Crippen molar-refractivity contribution in [2.45, 2.75) is 66.7 Å². The van der Waals surface area contributed by atoms with Crippen LogP contribution in [0.25, 0.3) is 0 Å². The van der Waals surface area contributed by atoms with E-state index in [4.69, 9.17) is 51.4 Å². The monoisotopic (exact) mass is 536 g/mol. The molecule has 0 aliphatic heterocycles. The fraction of sp³-hybridized carbons (Fsp3) is 0.833. The normalized spacial score (nSPS) is 6.67. The van der Waals surface area contributed by atoms with Crippen molar-refractivity contribution in [2.75, 3.05) is 0 Å². The molecule has 0 saturated carbocycles. The summed E-state index contributed by atoms with van der Waals surface area (Å²) in [5, 5.41) is 75.5. The van der Waals surface area contributed by atoms with Gasteiger partial charge in [0.05, 0.1) is 12.1 Å². The summed E-state index contributed by atoms with van der Waals surface area (Å²) in [4.78, 5) is 0. The molecule has 10 nitrogen and oxygen atoms in total. The van der Waals surface area contributed by atoms with Crippen molar-refractivity contribution in [3.63, 3.8) is 0 Å². The van der Waals surface area contributed by atoms with E-state index in [0.29, 0.717) is 0 Å². The molecule has 0 rings (SSSR count). The third-order valence-corrected chi connectivity index (χ3v) is 0. The van der Waals surface area contributed by atoms with Crippen LogP contribution in [0.5, 0.6) is 0 Å². The molecule has 0 heterocycles. The number of nitriles is 2. The minimum atomic E-state index is -1.17. The van der Waals surface area contributed by atoms with E-state index in [9.17, 15) is 0 Å². The molecule has 0 aliphatic carbocycles. The standard InChI is InChI=1S/2C2H3N.4C2H6O2.2Rh/c2*1-2-3;4*1-2(3)4;;/h2*1H3;4*2-4H,1H3;;. The van der Waals surface area contributed by atoms with Gasteiger partial charge >= 0.3 is 0 Å². The molecular formula is C12H30N2O8Rh2. The first-order chi connectivity index (χ1) is 9.76. The van der Waals surface area contributed by atoms with E-state index in [1.807, 2.05) is 0 Å². The largest absolute Gasteiger partial charge is 0.368 e. The molecule has 0 aromatic heterocycles. The van der Waals surface area contributed by atoms with Crippen LogP contribution in [-0.2, 0) is 39.0 Å². The molecule has 154 valence electrons. The van der Waals surface area contributed by atoms with Crippen LogP contribution in [-0.4, -0.2) is 66.0 Å². The van der Waals surface area contributed by atoms with Gasteiger partial charge in [-0.15, -0.1) is 0 Å². The molecule has 8 N–H and O–H groups in total. The van der Waals surface area contributed by atoms with E-state index in [-0.39, 0.29) is 39.0 Å². The number of hydrogen-bond donors (Lipinski definition) is 8. The number of aliphatic hydroxyl groups excluding tert-OH is 4. The molecule has 0 saturated heterocycles. The van der Waals surface area contributed by atoms with E-state index in [1.54, 1.807) is 12.1 Å². The first-order valence-corrected chi connectivity index (χ1v) is 5.82. The van der Waals surface area contributed by atoms with Crippen molar-refractivity contribution in [1.29, 1.82) is 10.5 Å². The molecule has 0 aromatic carbocycles. The SMILES string of the molecule is CC#N.CC#N.CC(O)O.CC(O)O.CC(O)O.CC(O)O.[Rh].[Rh]. The first kappa shape index (κ1) is 49.6. The molecule has 0 fully saturated rings. The zero-order chi connectivity index (χ0) is 19.7. The topological polar surface area (TPSA) is 209 Å². The molecule has 0 aromatic rings. The molecule has 0 unspecified atom stereocenters. The van der Waals surface area contributed by atoms with Gasteiger partial charge in [0.2, 0.25) is 0 Å². The summed E-state index contributed by atoms with van der Waals surface area (Å²) in [5.41, 5.74) is 0. The Labute approximate surface area is 169 Å². The van der Waals surface area contributed by atoms with Crippen molar-refractivity contribution in [2.24, 2.45) is 0 Å². The first-order valence-electron chi connectivity index (χ1n) is 5.82. The van der Waals surface area contributed by atoms with Gasteiger partial charge in [-0.25, -0.2) is 0 Å². The zero-order valence-electron chi connectivity index (χ0n) is 14.4. The Balaban J connectivity index is -0.0000000211. The second-order valence-corrected chi connectivity index (χ2v) is 2.97. The minimum absolute atomic E-state index is 0. The van der Waals surface area contributed by atoms with E-state index < -0.39 is 25.2 Å². The Hall–Kier alpha value is -0.0932. The summed E-state index contributed by atoms with van der Waals surface area (Å²) in [6.07, 6.45) is -4.67. The fourth-order valence-corrected chi connectivity index (χ4v) is 0. The van der Waals surface area contributed by atoms with Crippen molar-refractivity contribution in [3.8, 4) is 12.1 Å². The van der Waals surface area contributed by atoms with Gasteiger partial charge < -0.3 is 40.9 Å². The third kappa shape index (κ3) is 1100000. The van der Waals surface area contributed by atoms with E-state index in [0.717, 1.165) is 0 Å². The van der Waals surface area contributed by atoms with Crippen LogP contribution in [0, 0.1) is 22.7 Å². The maximum absolute atomic E-state index is 7.61. The Morgan fingerprint density at radius 1 is 0.500 bits per heavy atom. The summed E-state index contributed by atoms with van der Waals surface area (Å²) in [5.74, 6) is 0. The van der Waals surface area contributed by atoms with Gasteiger partial charge in [-0.2, -0.15) is 10.5 Å². The molecule has 0 atom stereocenters. The Bertz CT molecular complexity index is 185. The van der Waals surface area contributed by atoms with Gasteiger partial charge in [0.25, 0.3) is 0 Å². The van der Waals surface area contributed by atoms with Crippen LogP contribution >= 0.6 is 0 Å².